The van der Waals surface area contributed by atoms with Gasteiger partial charge in [-0.1, -0.05) is 24.3 Å². The molecule has 0 bridgehead atoms. The molecule has 0 aliphatic rings. The Morgan fingerprint density at radius 3 is 2.25 bits per heavy atom. The molecule has 0 amide bonds. The Morgan fingerprint density at radius 2 is 1.54 bits per heavy atom. The van der Waals surface area contributed by atoms with Crippen LogP contribution in [0.15, 0.2) is 66.7 Å². The van der Waals surface area contributed by atoms with Crippen molar-refractivity contribution < 1.29 is 23.9 Å². The Balaban J connectivity index is 1.67. The van der Waals surface area contributed by atoms with Crippen LogP contribution in [0.3, 0.4) is 0 Å². The van der Waals surface area contributed by atoms with Crippen LogP contribution in [-0.4, -0.2) is 14.2 Å². The number of hydrogen-bond donors (Lipinski definition) is 1. The summed E-state index contributed by atoms with van der Waals surface area (Å²) in [5.41, 5.74) is 2.73. The minimum atomic E-state index is -0.273. The van der Waals surface area contributed by atoms with E-state index in [9.17, 15) is 4.39 Å². The van der Waals surface area contributed by atoms with Gasteiger partial charge in [0.25, 0.3) is 0 Å². The second kappa shape index (κ2) is 9.76. The first-order chi connectivity index (χ1) is 13.7. The van der Waals surface area contributed by atoms with E-state index in [4.69, 9.17) is 14.2 Å². The predicted molar refractivity (Wildman–Crippen MR) is 106 cm³/mol. The molecule has 0 fully saturated rings. The van der Waals surface area contributed by atoms with Crippen molar-refractivity contribution in [3.63, 3.8) is 0 Å². The smallest absolute Gasteiger partial charge is 0.170 e. The number of nitrogens with two attached hydrogens (primary N) is 1. The Morgan fingerprint density at radius 1 is 0.786 bits per heavy atom. The summed E-state index contributed by atoms with van der Waals surface area (Å²) < 4.78 is 30.5. The monoisotopic (exact) mass is 382 g/mol. The van der Waals surface area contributed by atoms with Crippen LogP contribution in [0.5, 0.6) is 17.2 Å². The maximum atomic E-state index is 13.9. The maximum absolute atomic E-state index is 13.9. The third kappa shape index (κ3) is 5.02. The quantitative estimate of drug-likeness (QED) is 0.614. The Kier molecular flexibility index (Phi) is 6.87. The van der Waals surface area contributed by atoms with E-state index in [0.29, 0.717) is 17.1 Å². The lowest BCUT2D eigenvalue weighted by molar-refractivity contribution is -0.686. The van der Waals surface area contributed by atoms with Crippen LogP contribution in [0.1, 0.15) is 16.7 Å². The van der Waals surface area contributed by atoms with E-state index in [2.05, 4.69) is 17.4 Å². The van der Waals surface area contributed by atoms with E-state index >= 15 is 0 Å². The van der Waals surface area contributed by atoms with Gasteiger partial charge in [0.15, 0.2) is 11.5 Å². The van der Waals surface area contributed by atoms with Crippen LogP contribution in [0.25, 0.3) is 0 Å². The van der Waals surface area contributed by atoms with Crippen molar-refractivity contribution in [3.05, 3.63) is 89.2 Å². The summed E-state index contributed by atoms with van der Waals surface area (Å²) in [6, 6.07) is 20.4. The minimum Gasteiger partial charge on any atom is -0.497 e. The third-order valence-electron chi connectivity index (χ3n) is 4.51. The van der Waals surface area contributed by atoms with Crippen LogP contribution < -0.4 is 19.5 Å². The van der Waals surface area contributed by atoms with Gasteiger partial charge in [-0.2, -0.15) is 0 Å². The number of hydrogen-bond acceptors (Lipinski definition) is 3. The summed E-state index contributed by atoms with van der Waals surface area (Å²) in [4.78, 5) is 0. The van der Waals surface area contributed by atoms with Crippen molar-refractivity contribution in [2.45, 2.75) is 19.7 Å². The lowest BCUT2D eigenvalue weighted by atomic mass is 10.1. The highest BCUT2D eigenvalue weighted by molar-refractivity contribution is 5.46. The molecule has 2 N–H and O–H groups in total. The first-order valence-electron chi connectivity index (χ1n) is 9.18. The first kappa shape index (κ1) is 19.7. The molecule has 0 spiro atoms. The van der Waals surface area contributed by atoms with Gasteiger partial charge in [-0.3, -0.25) is 0 Å². The highest BCUT2D eigenvalue weighted by Gasteiger charge is 2.13. The molecule has 28 heavy (non-hydrogen) atoms. The van der Waals surface area contributed by atoms with Crippen molar-refractivity contribution in [2.75, 3.05) is 14.2 Å². The summed E-state index contributed by atoms with van der Waals surface area (Å²) in [6.07, 6.45) is 0. The zero-order valence-corrected chi connectivity index (χ0v) is 16.2. The average Bonchev–Trinajstić information content (AvgIpc) is 2.74. The van der Waals surface area contributed by atoms with Gasteiger partial charge in [0.05, 0.1) is 19.8 Å². The van der Waals surface area contributed by atoms with Gasteiger partial charge in [-0.05, 0) is 42.5 Å². The fraction of sp³-hybridized carbons (Fsp3) is 0.217. The number of para-hydroxylation sites is 1. The molecule has 0 atom stereocenters. The zero-order chi connectivity index (χ0) is 19.8. The number of ether oxygens (including phenoxy) is 3. The largest absolute Gasteiger partial charge is 0.497 e. The molecule has 3 aromatic rings. The highest BCUT2D eigenvalue weighted by Crippen LogP contribution is 2.31. The molecule has 0 aliphatic carbocycles. The topological polar surface area (TPSA) is 44.3 Å². The van der Waals surface area contributed by atoms with E-state index in [-0.39, 0.29) is 12.4 Å². The lowest BCUT2D eigenvalue weighted by Gasteiger charge is -2.15. The lowest BCUT2D eigenvalue weighted by Crippen LogP contribution is -2.80. The standard InChI is InChI=1S/C23H24FNO3/c1-26-20-12-10-17(11-13-20)14-25-15-18-7-5-9-22(27-2)23(18)28-16-19-6-3-4-8-21(19)24/h3-13,25H,14-16H2,1-2H3/p+1. The van der Waals surface area contributed by atoms with Crippen molar-refractivity contribution >= 4 is 0 Å². The van der Waals surface area contributed by atoms with E-state index in [1.165, 1.54) is 11.6 Å². The van der Waals surface area contributed by atoms with Gasteiger partial charge in [0.1, 0.15) is 31.3 Å². The summed E-state index contributed by atoms with van der Waals surface area (Å²) in [5.74, 6) is 1.87. The number of halogens is 1. The van der Waals surface area contributed by atoms with E-state index in [1.807, 2.05) is 30.3 Å². The molecular formula is C23H25FNO3+. The van der Waals surface area contributed by atoms with E-state index in [0.717, 1.165) is 24.4 Å². The van der Waals surface area contributed by atoms with Crippen molar-refractivity contribution in [1.82, 2.24) is 0 Å². The van der Waals surface area contributed by atoms with Gasteiger partial charge >= 0.3 is 0 Å². The molecular weight excluding hydrogens is 357 g/mol. The SMILES string of the molecule is COc1ccc(C[NH2+]Cc2cccc(OC)c2OCc2ccccc2F)cc1. The number of methoxy groups -OCH3 is 2. The molecule has 0 saturated heterocycles. The molecule has 0 radical (unpaired) electrons. The fourth-order valence-electron chi connectivity index (χ4n) is 2.97. The van der Waals surface area contributed by atoms with Crippen LogP contribution in [0.4, 0.5) is 4.39 Å². The Hall–Kier alpha value is -3.05. The Labute approximate surface area is 164 Å². The summed E-state index contributed by atoms with van der Waals surface area (Å²) in [5, 5.41) is 2.19. The first-order valence-corrected chi connectivity index (χ1v) is 9.18. The molecule has 146 valence electrons. The highest BCUT2D eigenvalue weighted by atomic mass is 19.1. The van der Waals surface area contributed by atoms with Crippen LogP contribution in [0, 0.1) is 5.82 Å². The number of benzene rings is 3. The minimum absolute atomic E-state index is 0.151. The van der Waals surface area contributed by atoms with Crippen molar-refractivity contribution in [3.8, 4) is 17.2 Å². The maximum Gasteiger partial charge on any atom is 0.170 e. The molecule has 0 saturated carbocycles. The fourth-order valence-corrected chi connectivity index (χ4v) is 2.97. The number of quaternary nitrogens is 1. The number of rotatable bonds is 9. The van der Waals surface area contributed by atoms with Gasteiger partial charge in [-0.15, -0.1) is 0 Å². The second-order valence-corrected chi connectivity index (χ2v) is 6.37. The third-order valence-corrected chi connectivity index (χ3v) is 4.51. The van der Waals surface area contributed by atoms with Gasteiger partial charge in [-0.25, -0.2) is 4.39 Å². The molecule has 0 heterocycles. The van der Waals surface area contributed by atoms with Crippen LogP contribution in [0.2, 0.25) is 0 Å². The zero-order valence-electron chi connectivity index (χ0n) is 16.2. The van der Waals surface area contributed by atoms with Gasteiger partial charge in [0.2, 0.25) is 0 Å². The molecule has 0 unspecified atom stereocenters. The molecule has 3 rings (SSSR count). The molecule has 0 aromatic heterocycles. The average molecular weight is 382 g/mol. The molecule has 0 aliphatic heterocycles. The van der Waals surface area contributed by atoms with Gasteiger partial charge < -0.3 is 19.5 Å². The molecule has 5 heteroatoms. The summed E-state index contributed by atoms with van der Waals surface area (Å²) >= 11 is 0. The van der Waals surface area contributed by atoms with Crippen LogP contribution in [-0.2, 0) is 19.7 Å². The van der Waals surface area contributed by atoms with Crippen LogP contribution >= 0.6 is 0 Å². The van der Waals surface area contributed by atoms with E-state index in [1.54, 1.807) is 32.4 Å². The second-order valence-electron chi connectivity index (χ2n) is 6.37. The summed E-state index contributed by atoms with van der Waals surface area (Å²) in [6.45, 7) is 1.70. The molecule has 4 nitrogen and oxygen atoms in total. The van der Waals surface area contributed by atoms with Crippen molar-refractivity contribution in [1.29, 1.82) is 0 Å². The normalized spacial score (nSPS) is 10.5. The predicted octanol–water partition coefficient (Wildman–Crippen LogP) is 3.69. The van der Waals surface area contributed by atoms with Gasteiger partial charge in [0, 0.05) is 11.1 Å². The summed E-state index contributed by atoms with van der Waals surface area (Å²) in [7, 11) is 3.27. The van der Waals surface area contributed by atoms with E-state index < -0.39 is 0 Å². The van der Waals surface area contributed by atoms with Crippen molar-refractivity contribution in [2.24, 2.45) is 0 Å². The Bertz CT molecular complexity index is 897. The molecule has 3 aromatic carbocycles.